The van der Waals surface area contributed by atoms with Crippen molar-refractivity contribution in [2.45, 2.75) is 6.54 Å². The van der Waals surface area contributed by atoms with Gasteiger partial charge < -0.3 is 15.4 Å². The predicted molar refractivity (Wildman–Crippen MR) is 76.9 cm³/mol. The highest BCUT2D eigenvalue weighted by Crippen LogP contribution is 2.09. The van der Waals surface area contributed by atoms with E-state index < -0.39 is 0 Å². The van der Waals surface area contributed by atoms with Crippen LogP contribution in [0.5, 0.6) is 5.75 Å². The molecule has 0 bridgehead atoms. The molecule has 2 amide bonds. The van der Waals surface area contributed by atoms with Crippen molar-refractivity contribution in [3.63, 3.8) is 0 Å². The van der Waals surface area contributed by atoms with Gasteiger partial charge in [0.15, 0.2) is 6.61 Å². The number of anilines is 1. The summed E-state index contributed by atoms with van der Waals surface area (Å²) in [6.07, 6.45) is 3.05. The molecule has 0 radical (unpaired) electrons. The van der Waals surface area contributed by atoms with Crippen molar-refractivity contribution in [1.82, 2.24) is 15.1 Å². The first-order chi connectivity index (χ1) is 10.2. The Kier molecular flexibility index (Phi) is 4.92. The molecule has 2 rings (SSSR count). The molecule has 0 spiro atoms. The van der Waals surface area contributed by atoms with Crippen LogP contribution in [-0.4, -0.2) is 35.2 Å². The predicted octanol–water partition coefficient (Wildman–Crippen LogP) is 0.647. The van der Waals surface area contributed by atoms with Gasteiger partial charge in [0, 0.05) is 13.2 Å². The molecular weight excluding hydrogens is 272 g/mol. The van der Waals surface area contributed by atoms with Gasteiger partial charge in [-0.25, -0.2) is 0 Å². The maximum absolute atomic E-state index is 11.7. The maximum Gasteiger partial charge on any atom is 0.262 e. The zero-order valence-electron chi connectivity index (χ0n) is 11.6. The summed E-state index contributed by atoms with van der Waals surface area (Å²) in [7, 11) is 1.55. The van der Waals surface area contributed by atoms with Crippen molar-refractivity contribution >= 4 is 17.5 Å². The Hall–Kier alpha value is -2.83. The molecule has 1 aromatic carbocycles. The average Bonchev–Trinajstić information content (AvgIpc) is 2.93. The van der Waals surface area contributed by atoms with Gasteiger partial charge in [0.05, 0.1) is 11.9 Å². The van der Waals surface area contributed by atoms with Gasteiger partial charge in [-0.05, 0) is 12.1 Å². The lowest BCUT2D eigenvalue weighted by Gasteiger charge is -2.05. The first-order valence-electron chi connectivity index (χ1n) is 6.38. The van der Waals surface area contributed by atoms with Gasteiger partial charge in [0.1, 0.15) is 12.3 Å². The zero-order chi connectivity index (χ0) is 15.1. The molecule has 2 N–H and O–H groups in total. The number of para-hydroxylation sites is 1. The molecule has 0 saturated carbocycles. The summed E-state index contributed by atoms with van der Waals surface area (Å²) in [5.41, 5.74) is 0.514. The van der Waals surface area contributed by atoms with Crippen LogP contribution >= 0.6 is 0 Å². The van der Waals surface area contributed by atoms with Crippen LogP contribution in [-0.2, 0) is 16.1 Å². The van der Waals surface area contributed by atoms with E-state index in [-0.39, 0.29) is 25.0 Å². The van der Waals surface area contributed by atoms with Crippen LogP contribution in [0.2, 0.25) is 0 Å². The van der Waals surface area contributed by atoms with Crippen LogP contribution in [0.3, 0.4) is 0 Å². The van der Waals surface area contributed by atoms with Gasteiger partial charge in [-0.3, -0.25) is 14.3 Å². The smallest absolute Gasteiger partial charge is 0.262 e. The SMILES string of the molecule is CNC(=O)Cn1cc(NC(=O)COc2ccccc2)cn1. The van der Waals surface area contributed by atoms with Gasteiger partial charge in [0.2, 0.25) is 5.91 Å². The van der Waals surface area contributed by atoms with E-state index in [9.17, 15) is 9.59 Å². The standard InChI is InChI=1S/C14H16N4O3/c1-15-13(19)9-18-8-11(7-16-18)17-14(20)10-21-12-5-3-2-4-6-12/h2-8H,9-10H2,1H3,(H,15,19)(H,17,20). The molecule has 0 atom stereocenters. The van der Waals surface area contributed by atoms with Crippen LogP contribution in [0.25, 0.3) is 0 Å². The van der Waals surface area contributed by atoms with E-state index in [0.29, 0.717) is 11.4 Å². The summed E-state index contributed by atoms with van der Waals surface area (Å²) in [4.78, 5) is 22.9. The molecule has 7 heteroatoms. The Morgan fingerprint density at radius 3 is 2.71 bits per heavy atom. The van der Waals surface area contributed by atoms with Gasteiger partial charge in [-0.2, -0.15) is 5.10 Å². The fraction of sp³-hybridized carbons (Fsp3) is 0.214. The molecule has 0 fully saturated rings. The Balaban J connectivity index is 1.81. The lowest BCUT2D eigenvalue weighted by Crippen LogP contribution is -2.23. The normalized spacial score (nSPS) is 9.95. The second-order valence-electron chi connectivity index (χ2n) is 4.25. The molecular formula is C14H16N4O3. The van der Waals surface area contributed by atoms with Crippen molar-refractivity contribution in [2.24, 2.45) is 0 Å². The monoisotopic (exact) mass is 288 g/mol. The van der Waals surface area contributed by atoms with E-state index >= 15 is 0 Å². The molecule has 0 aliphatic carbocycles. The molecule has 0 unspecified atom stereocenters. The van der Waals surface area contributed by atoms with Crippen LogP contribution in [0, 0.1) is 0 Å². The van der Waals surface area contributed by atoms with E-state index in [1.54, 1.807) is 25.4 Å². The summed E-state index contributed by atoms with van der Waals surface area (Å²) in [6.45, 7) is 0.0114. The van der Waals surface area contributed by atoms with E-state index in [0.717, 1.165) is 0 Å². The summed E-state index contributed by atoms with van der Waals surface area (Å²) in [5, 5.41) is 9.12. The van der Waals surface area contributed by atoms with Crippen LogP contribution in [0.1, 0.15) is 0 Å². The molecule has 0 aliphatic heterocycles. The molecule has 1 aromatic heterocycles. The number of carbonyl (C=O) groups excluding carboxylic acids is 2. The third-order valence-corrected chi connectivity index (χ3v) is 2.61. The second-order valence-corrected chi connectivity index (χ2v) is 4.25. The summed E-state index contributed by atoms with van der Waals surface area (Å²) in [6, 6.07) is 9.07. The minimum Gasteiger partial charge on any atom is -0.484 e. The number of aromatic nitrogens is 2. The molecule has 2 aromatic rings. The van der Waals surface area contributed by atoms with Gasteiger partial charge in [-0.15, -0.1) is 0 Å². The number of likely N-dealkylation sites (N-methyl/N-ethyl adjacent to an activating group) is 1. The van der Waals surface area contributed by atoms with Crippen LogP contribution in [0.15, 0.2) is 42.7 Å². The Labute approximate surface area is 121 Å². The Morgan fingerprint density at radius 1 is 1.24 bits per heavy atom. The van der Waals surface area contributed by atoms with Crippen molar-refractivity contribution in [3.8, 4) is 5.75 Å². The number of nitrogens with one attached hydrogen (secondary N) is 2. The van der Waals surface area contributed by atoms with E-state index in [2.05, 4.69) is 15.7 Å². The molecule has 0 saturated heterocycles. The lowest BCUT2D eigenvalue weighted by molar-refractivity contribution is -0.121. The number of nitrogens with zero attached hydrogens (tertiary/aromatic N) is 2. The highest BCUT2D eigenvalue weighted by atomic mass is 16.5. The fourth-order valence-corrected chi connectivity index (χ4v) is 1.60. The largest absolute Gasteiger partial charge is 0.484 e. The highest BCUT2D eigenvalue weighted by Gasteiger charge is 2.07. The summed E-state index contributed by atoms with van der Waals surface area (Å²) < 4.78 is 6.76. The Bertz CT molecular complexity index is 610. The number of benzene rings is 1. The van der Waals surface area contributed by atoms with Crippen LogP contribution in [0.4, 0.5) is 5.69 Å². The minimum absolute atomic E-state index is 0.0926. The first-order valence-corrected chi connectivity index (χ1v) is 6.38. The highest BCUT2D eigenvalue weighted by molar-refractivity contribution is 5.91. The quantitative estimate of drug-likeness (QED) is 0.817. The number of hydrogen-bond acceptors (Lipinski definition) is 4. The lowest BCUT2D eigenvalue weighted by atomic mass is 10.3. The topological polar surface area (TPSA) is 85.2 Å². The van der Waals surface area contributed by atoms with E-state index in [1.807, 2.05) is 18.2 Å². The van der Waals surface area contributed by atoms with Crippen molar-refractivity contribution < 1.29 is 14.3 Å². The van der Waals surface area contributed by atoms with Crippen molar-refractivity contribution in [2.75, 3.05) is 19.0 Å². The number of rotatable bonds is 6. The molecule has 7 nitrogen and oxygen atoms in total. The number of hydrogen-bond donors (Lipinski definition) is 2. The second kappa shape index (κ2) is 7.09. The van der Waals surface area contributed by atoms with E-state index in [1.165, 1.54) is 10.9 Å². The third kappa shape index (κ3) is 4.64. The summed E-state index contributed by atoms with van der Waals surface area (Å²) in [5.74, 6) is 0.171. The molecule has 21 heavy (non-hydrogen) atoms. The zero-order valence-corrected chi connectivity index (χ0v) is 11.6. The molecule has 1 heterocycles. The first kappa shape index (κ1) is 14.6. The molecule has 110 valence electrons. The fourth-order valence-electron chi connectivity index (χ4n) is 1.60. The number of ether oxygens (including phenoxy) is 1. The average molecular weight is 288 g/mol. The molecule has 0 aliphatic rings. The minimum atomic E-state index is -0.293. The van der Waals surface area contributed by atoms with Gasteiger partial charge in [0.25, 0.3) is 5.91 Å². The van der Waals surface area contributed by atoms with Gasteiger partial charge in [-0.1, -0.05) is 18.2 Å². The van der Waals surface area contributed by atoms with Crippen LogP contribution < -0.4 is 15.4 Å². The number of carbonyl (C=O) groups is 2. The number of amides is 2. The summed E-state index contributed by atoms with van der Waals surface area (Å²) >= 11 is 0. The van der Waals surface area contributed by atoms with E-state index in [4.69, 9.17) is 4.74 Å². The third-order valence-electron chi connectivity index (χ3n) is 2.61. The maximum atomic E-state index is 11.7. The van der Waals surface area contributed by atoms with Crippen molar-refractivity contribution in [1.29, 1.82) is 0 Å². The van der Waals surface area contributed by atoms with Crippen molar-refractivity contribution in [3.05, 3.63) is 42.7 Å². The Morgan fingerprint density at radius 2 is 2.00 bits per heavy atom. The van der Waals surface area contributed by atoms with Gasteiger partial charge >= 0.3 is 0 Å².